The molecule has 2 N–H and O–H groups in total. The normalized spacial score (nSPS) is 11.1. The quantitative estimate of drug-likeness (QED) is 0.493. The third kappa shape index (κ3) is 4.77. The van der Waals surface area contributed by atoms with Crippen LogP contribution >= 0.6 is 11.6 Å². The minimum atomic E-state index is -4.83. The predicted octanol–water partition coefficient (Wildman–Crippen LogP) is 6.00. The van der Waals surface area contributed by atoms with Crippen molar-refractivity contribution >= 4 is 34.8 Å². The summed E-state index contributed by atoms with van der Waals surface area (Å²) < 4.78 is 54.3. The van der Waals surface area contributed by atoms with Crippen LogP contribution in [0.15, 0.2) is 66.7 Å². The van der Waals surface area contributed by atoms with Crippen LogP contribution in [0.5, 0.6) is 0 Å². The van der Waals surface area contributed by atoms with Crippen LogP contribution in [-0.2, 0) is 6.18 Å². The summed E-state index contributed by atoms with van der Waals surface area (Å²) in [6.45, 7) is 0. The first-order valence-corrected chi connectivity index (χ1v) is 8.87. The number of carbonyl (C=O) groups excluding carboxylic acids is 2. The molecule has 154 valence electrons. The van der Waals surface area contributed by atoms with Gasteiger partial charge in [0.05, 0.1) is 27.4 Å². The fraction of sp³-hybridized carbons (Fsp3) is 0.0476. The number of benzene rings is 3. The summed E-state index contributed by atoms with van der Waals surface area (Å²) in [6.07, 6.45) is -4.83. The number of alkyl halides is 3. The van der Waals surface area contributed by atoms with Crippen LogP contribution in [0.3, 0.4) is 0 Å². The molecule has 0 aliphatic heterocycles. The lowest BCUT2D eigenvalue weighted by atomic mass is 10.1. The molecule has 0 bridgehead atoms. The van der Waals surface area contributed by atoms with Crippen LogP contribution < -0.4 is 10.6 Å². The third-order valence-corrected chi connectivity index (χ3v) is 4.40. The first-order chi connectivity index (χ1) is 14.2. The van der Waals surface area contributed by atoms with Gasteiger partial charge in [-0.3, -0.25) is 9.59 Å². The Balaban J connectivity index is 1.89. The fourth-order valence-corrected chi connectivity index (χ4v) is 2.87. The molecule has 0 atom stereocenters. The Labute approximate surface area is 173 Å². The van der Waals surface area contributed by atoms with Crippen molar-refractivity contribution in [1.82, 2.24) is 0 Å². The zero-order valence-corrected chi connectivity index (χ0v) is 15.8. The topological polar surface area (TPSA) is 58.2 Å². The molecule has 0 fully saturated rings. The Morgan fingerprint density at radius 2 is 1.40 bits per heavy atom. The van der Waals surface area contributed by atoms with Crippen LogP contribution in [0.1, 0.15) is 26.3 Å². The van der Waals surface area contributed by atoms with Crippen LogP contribution in [0.4, 0.5) is 28.9 Å². The van der Waals surface area contributed by atoms with Crippen LogP contribution in [0, 0.1) is 5.82 Å². The second kappa shape index (κ2) is 8.54. The average Bonchev–Trinajstić information content (AvgIpc) is 2.69. The van der Waals surface area contributed by atoms with E-state index in [1.54, 1.807) is 6.07 Å². The second-order valence-electron chi connectivity index (χ2n) is 6.13. The number of hydrogen-bond acceptors (Lipinski definition) is 2. The first-order valence-electron chi connectivity index (χ1n) is 8.50. The number of halogens is 5. The van der Waals surface area contributed by atoms with Crippen molar-refractivity contribution in [2.24, 2.45) is 0 Å². The van der Waals surface area contributed by atoms with Gasteiger partial charge in [0.2, 0.25) is 0 Å². The third-order valence-electron chi connectivity index (χ3n) is 4.07. The standard InChI is InChI=1S/C21H13ClF4N2O2/c22-16-7-3-1-5-13(16)19(29)28-18-10-9-12(11-15(18)21(24,25)26)27-20(30)14-6-2-4-8-17(14)23/h1-11H,(H,27,30)(H,28,29). The molecule has 3 aromatic rings. The monoisotopic (exact) mass is 436 g/mol. The zero-order chi connectivity index (χ0) is 21.9. The van der Waals surface area contributed by atoms with E-state index in [2.05, 4.69) is 10.6 Å². The molecule has 9 heteroatoms. The lowest BCUT2D eigenvalue weighted by molar-refractivity contribution is -0.136. The van der Waals surface area contributed by atoms with Crippen LogP contribution in [-0.4, -0.2) is 11.8 Å². The van der Waals surface area contributed by atoms with Gasteiger partial charge in [0, 0.05) is 5.69 Å². The summed E-state index contributed by atoms with van der Waals surface area (Å²) >= 11 is 5.91. The molecule has 0 aliphatic carbocycles. The van der Waals surface area contributed by atoms with E-state index in [0.29, 0.717) is 6.07 Å². The minimum Gasteiger partial charge on any atom is -0.322 e. The van der Waals surface area contributed by atoms with E-state index in [1.807, 2.05) is 0 Å². The number of rotatable bonds is 4. The molecule has 0 heterocycles. The minimum absolute atomic E-state index is 0.00391. The summed E-state index contributed by atoms with van der Waals surface area (Å²) in [5.74, 6) is -2.54. The van der Waals surface area contributed by atoms with E-state index in [-0.39, 0.29) is 21.8 Å². The van der Waals surface area contributed by atoms with Crippen molar-refractivity contribution in [1.29, 1.82) is 0 Å². The highest BCUT2D eigenvalue weighted by Gasteiger charge is 2.34. The fourth-order valence-electron chi connectivity index (χ4n) is 2.64. The summed E-state index contributed by atoms with van der Waals surface area (Å²) in [5, 5.41) is 4.48. The molecule has 0 unspecified atom stereocenters. The van der Waals surface area contributed by atoms with Crippen molar-refractivity contribution in [3.63, 3.8) is 0 Å². The molecule has 0 radical (unpaired) electrons. The molecule has 2 amide bonds. The highest BCUT2D eigenvalue weighted by molar-refractivity contribution is 6.34. The maximum Gasteiger partial charge on any atom is 0.418 e. The second-order valence-corrected chi connectivity index (χ2v) is 6.53. The number of hydrogen-bond donors (Lipinski definition) is 2. The zero-order valence-electron chi connectivity index (χ0n) is 15.1. The molecule has 0 aliphatic rings. The van der Waals surface area contributed by atoms with E-state index < -0.39 is 35.1 Å². The van der Waals surface area contributed by atoms with Crippen molar-refractivity contribution in [2.45, 2.75) is 6.18 Å². The maximum atomic E-state index is 13.7. The average molecular weight is 437 g/mol. The Kier molecular flexibility index (Phi) is 6.07. The molecule has 3 rings (SSSR count). The Morgan fingerprint density at radius 3 is 2.03 bits per heavy atom. The molecule has 3 aromatic carbocycles. The van der Waals surface area contributed by atoms with Gasteiger partial charge in [-0.15, -0.1) is 0 Å². The highest BCUT2D eigenvalue weighted by Crippen LogP contribution is 2.37. The largest absolute Gasteiger partial charge is 0.418 e. The lowest BCUT2D eigenvalue weighted by Crippen LogP contribution is -2.18. The van der Waals surface area contributed by atoms with Gasteiger partial charge < -0.3 is 10.6 Å². The van der Waals surface area contributed by atoms with E-state index >= 15 is 0 Å². The van der Waals surface area contributed by atoms with Crippen molar-refractivity contribution in [3.05, 3.63) is 94.3 Å². The van der Waals surface area contributed by atoms with E-state index in [1.165, 1.54) is 36.4 Å². The van der Waals surface area contributed by atoms with Crippen LogP contribution in [0.25, 0.3) is 0 Å². The van der Waals surface area contributed by atoms with E-state index in [9.17, 15) is 27.2 Å². The Morgan fingerprint density at radius 1 is 0.800 bits per heavy atom. The van der Waals surface area contributed by atoms with Crippen molar-refractivity contribution in [3.8, 4) is 0 Å². The first kappa shape index (κ1) is 21.3. The van der Waals surface area contributed by atoms with Crippen molar-refractivity contribution < 1.29 is 27.2 Å². The van der Waals surface area contributed by atoms with E-state index in [4.69, 9.17) is 11.6 Å². The number of carbonyl (C=O) groups is 2. The molecule has 0 saturated carbocycles. The summed E-state index contributed by atoms with van der Waals surface area (Å²) in [4.78, 5) is 24.5. The van der Waals surface area contributed by atoms with Gasteiger partial charge in [-0.2, -0.15) is 13.2 Å². The summed E-state index contributed by atoms with van der Waals surface area (Å²) in [5.41, 5.74) is -2.23. The maximum absolute atomic E-state index is 13.7. The van der Waals surface area contributed by atoms with Gasteiger partial charge >= 0.3 is 6.18 Å². The van der Waals surface area contributed by atoms with Crippen LogP contribution in [0.2, 0.25) is 5.02 Å². The SMILES string of the molecule is O=C(Nc1ccc(NC(=O)c2ccccc2Cl)c(C(F)(F)F)c1)c1ccccc1F. The smallest absolute Gasteiger partial charge is 0.322 e. The number of anilines is 2. The van der Waals surface area contributed by atoms with Gasteiger partial charge in [0.15, 0.2) is 0 Å². The molecule has 4 nitrogen and oxygen atoms in total. The molecule has 30 heavy (non-hydrogen) atoms. The molecule has 0 spiro atoms. The molecular weight excluding hydrogens is 424 g/mol. The van der Waals surface area contributed by atoms with Gasteiger partial charge in [0.25, 0.3) is 11.8 Å². The number of nitrogens with one attached hydrogen (secondary N) is 2. The Bertz CT molecular complexity index is 1120. The predicted molar refractivity (Wildman–Crippen MR) is 105 cm³/mol. The summed E-state index contributed by atoms with van der Waals surface area (Å²) in [7, 11) is 0. The molecule has 0 saturated heterocycles. The summed E-state index contributed by atoms with van der Waals surface area (Å²) in [6, 6.07) is 13.8. The Hall–Kier alpha value is -3.39. The van der Waals surface area contributed by atoms with Gasteiger partial charge in [-0.25, -0.2) is 4.39 Å². The van der Waals surface area contributed by atoms with Crippen molar-refractivity contribution in [2.75, 3.05) is 10.6 Å². The number of amides is 2. The van der Waals surface area contributed by atoms with Gasteiger partial charge in [-0.1, -0.05) is 35.9 Å². The van der Waals surface area contributed by atoms with E-state index in [0.717, 1.165) is 18.2 Å². The lowest BCUT2D eigenvalue weighted by Gasteiger charge is -2.16. The molecule has 0 aromatic heterocycles. The molecular formula is C21H13ClF4N2O2. The highest BCUT2D eigenvalue weighted by atomic mass is 35.5. The van der Waals surface area contributed by atoms with Gasteiger partial charge in [-0.05, 0) is 42.5 Å². The van der Waals surface area contributed by atoms with Gasteiger partial charge in [0.1, 0.15) is 5.82 Å².